The smallest absolute Gasteiger partial charge is 0.326 e. The van der Waals surface area contributed by atoms with Gasteiger partial charge in [-0.1, -0.05) is 6.07 Å². The zero-order valence-corrected chi connectivity index (χ0v) is 9.91. The summed E-state index contributed by atoms with van der Waals surface area (Å²) in [6, 6.07) is 2.63. The number of aliphatic hydroxyl groups is 1. The van der Waals surface area contributed by atoms with Crippen molar-refractivity contribution in [3.63, 3.8) is 0 Å². The third-order valence-electron chi connectivity index (χ3n) is 3.11. The summed E-state index contributed by atoms with van der Waals surface area (Å²) in [5.74, 6) is -2.64. The SMILES string of the molecule is Nc1c(F)cccc1C(=O)N1C[C@@H](O)C[C@H]1C(=O)O. The minimum absolute atomic E-state index is 0.0453. The van der Waals surface area contributed by atoms with Crippen molar-refractivity contribution in [1.29, 1.82) is 0 Å². The van der Waals surface area contributed by atoms with Crippen LogP contribution < -0.4 is 5.73 Å². The van der Waals surface area contributed by atoms with Crippen molar-refractivity contribution in [3.8, 4) is 0 Å². The maximum atomic E-state index is 13.3. The van der Waals surface area contributed by atoms with E-state index >= 15 is 0 Å². The van der Waals surface area contributed by atoms with Gasteiger partial charge in [-0.3, -0.25) is 4.79 Å². The number of likely N-dealkylation sites (tertiary alicyclic amines) is 1. The molecule has 2 atom stereocenters. The number of nitrogen functional groups attached to an aromatic ring is 1. The van der Waals surface area contributed by atoms with Crippen LogP contribution >= 0.6 is 0 Å². The van der Waals surface area contributed by atoms with Gasteiger partial charge in [-0.25, -0.2) is 9.18 Å². The highest BCUT2D eigenvalue weighted by molar-refractivity contribution is 6.01. The first kappa shape index (κ1) is 13.3. The number of carboxylic acids is 1. The summed E-state index contributed by atoms with van der Waals surface area (Å²) < 4.78 is 13.3. The van der Waals surface area contributed by atoms with E-state index in [1.54, 1.807) is 0 Å². The zero-order chi connectivity index (χ0) is 14.2. The van der Waals surface area contributed by atoms with Crippen LogP contribution in [-0.2, 0) is 4.79 Å². The fraction of sp³-hybridized carbons (Fsp3) is 0.333. The summed E-state index contributed by atoms with van der Waals surface area (Å²) in [5.41, 5.74) is 5.06. The van der Waals surface area contributed by atoms with Crippen LogP contribution in [0, 0.1) is 5.82 Å². The zero-order valence-electron chi connectivity index (χ0n) is 9.91. The minimum Gasteiger partial charge on any atom is -0.480 e. The Kier molecular flexibility index (Phi) is 3.39. The number of aliphatic carboxylic acids is 1. The van der Waals surface area contributed by atoms with E-state index in [2.05, 4.69) is 0 Å². The molecular weight excluding hydrogens is 255 g/mol. The number of carbonyl (C=O) groups excluding carboxylic acids is 1. The van der Waals surface area contributed by atoms with Gasteiger partial charge in [-0.15, -0.1) is 0 Å². The number of nitrogens with zero attached hydrogens (tertiary/aromatic N) is 1. The molecule has 1 saturated heterocycles. The van der Waals surface area contributed by atoms with Crippen molar-refractivity contribution in [1.82, 2.24) is 4.90 Å². The molecule has 1 aliphatic heterocycles. The number of carbonyl (C=O) groups is 2. The Hall–Kier alpha value is -2.15. The fourth-order valence-corrected chi connectivity index (χ4v) is 2.15. The predicted octanol–water partition coefficient (Wildman–Crippen LogP) is 0.0679. The summed E-state index contributed by atoms with van der Waals surface area (Å²) in [5, 5.41) is 18.5. The highest BCUT2D eigenvalue weighted by Crippen LogP contribution is 2.24. The molecule has 1 fully saturated rings. The van der Waals surface area contributed by atoms with Crippen LogP contribution in [-0.4, -0.2) is 45.7 Å². The highest BCUT2D eigenvalue weighted by atomic mass is 19.1. The van der Waals surface area contributed by atoms with E-state index in [-0.39, 0.29) is 24.2 Å². The molecule has 0 saturated carbocycles. The average Bonchev–Trinajstić information content (AvgIpc) is 2.74. The number of nitrogens with two attached hydrogens (primary N) is 1. The first-order valence-electron chi connectivity index (χ1n) is 5.67. The molecule has 0 aromatic heterocycles. The van der Waals surface area contributed by atoms with Crippen molar-refractivity contribution in [2.24, 2.45) is 0 Å². The lowest BCUT2D eigenvalue weighted by Crippen LogP contribution is -2.40. The van der Waals surface area contributed by atoms with E-state index in [1.165, 1.54) is 12.1 Å². The number of β-amino-alcohol motifs (C(OH)–C–C–N with tert-alkyl or cyclic N) is 1. The van der Waals surface area contributed by atoms with E-state index < -0.39 is 29.8 Å². The molecule has 7 heteroatoms. The minimum atomic E-state index is -1.21. The second kappa shape index (κ2) is 4.85. The Bertz CT molecular complexity index is 534. The number of aliphatic hydroxyl groups excluding tert-OH is 1. The largest absolute Gasteiger partial charge is 0.480 e. The number of hydrogen-bond acceptors (Lipinski definition) is 4. The van der Waals surface area contributed by atoms with Crippen LogP contribution in [0.25, 0.3) is 0 Å². The number of amides is 1. The van der Waals surface area contributed by atoms with Gasteiger partial charge < -0.3 is 20.8 Å². The number of rotatable bonds is 2. The monoisotopic (exact) mass is 268 g/mol. The summed E-state index contributed by atoms with van der Waals surface area (Å²) >= 11 is 0. The number of anilines is 1. The van der Waals surface area contributed by atoms with Crippen molar-refractivity contribution < 1.29 is 24.2 Å². The van der Waals surface area contributed by atoms with E-state index in [1.807, 2.05) is 0 Å². The standard InChI is InChI=1S/C12H13FN2O4/c13-8-3-1-2-7(10(8)14)11(17)15-5-6(16)4-9(15)12(18)19/h1-3,6,9,16H,4-5,14H2,(H,18,19)/t6-,9-/m0/s1. The van der Waals surface area contributed by atoms with Crippen molar-refractivity contribution in [3.05, 3.63) is 29.6 Å². The second-order valence-corrected chi connectivity index (χ2v) is 4.40. The summed E-state index contributed by atoms with van der Waals surface area (Å²) in [6.07, 6.45) is -0.948. The maximum Gasteiger partial charge on any atom is 0.326 e. The number of hydrogen-bond donors (Lipinski definition) is 3. The molecule has 0 radical (unpaired) electrons. The normalized spacial score (nSPS) is 22.5. The van der Waals surface area contributed by atoms with Gasteiger partial charge in [-0.05, 0) is 12.1 Å². The van der Waals surface area contributed by atoms with Crippen LogP contribution in [0.1, 0.15) is 16.8 Å². The molecule has 1 aromatic rings. The van der Waals surface area contributed by atoms with Crippen molar-refractivity contribution in [2.75, 3.05) is 12.3 Å². The lowest BCUT2D eigenvalue weighted by Gasteiger charge is -2.21. The van der Waals surface area contributed by atoms with Gasteiger partial charge in [0, 0.05) is 13.0 Å². The lowest BCUT2D eigenvalue weighted by molar-refractivity contribution is -0.141. The summed E-state index contributed by atoms with van der Waals surface area (Å²) in [7, 11) is 0. The van der Waals surface area contributed by atoms with E-state index in [0.717, 1.165) is 11.0 Å². The molecule has 1 heterocycles. The molecule has 0 bridgehead atoms. The van der Waals surface area contributed by atoms with E-state index in [9.17, 15) is 19.1 Å². The third kappa shape index (κ3) is 2.37. The van der Waals surface area contributed by atoms with Crippen LogP contribution in [0.4, 0.5) is 10.1 Å². The number of carboxylic acid groups (broad SMARTS) is 1. The number of para-hydroxylation sites is 1. The quantitative estimate of drug-likeness (QED) is 0.658. The Morgan fingerprint density at radius 3 is 2.74 bits per heavy atom. The second-order valence-electron chi connectivity index (χ2n) is 4.40. The highest BCUT2D eigenvalue weighted by Gasteiger charge is 2.39. The Balaban J connectivity index is 2.33. The first-order chi connectivity index (χ1) is 8.91. The Labute approximate surface area is 108 Å². The van der Waals surface area contributed by atoms with Crippen LogP contribution in [0.15, 0.2) is 18.2 Å². The average molecular weight is 268 g/mol. The number of benzene rings is 1. The van der Waals surface area contributed by atoms with Gasteiger partial charge in [0.15, 0.2) is 0 Å². The molecule has 102 valence electrons. The predicted molar refractivity (Wildman–Crippen MR) is 63.9 cm³/mol. The first-order valence-corrected chi connectivity index (χ1v) is 5.67. The van der Waals surface area contributed by atoms with Crippen LogP contribution in [0.5, 0.6) is 0 Å². The Morgan fingerprint density at radius 1 is 1.42 bits per heavy atom. The fourth-order valence-electron chi connectivity index (χ4n) is 2.15. The van der Waals surface area contributed by atoms with Gasteiger partial charge in [0.25, 0.3) is 5.91 Å². The van der Waals surface area contributed by atoms with Gasteiger partial charge in [0.2, 0.25) is 0 Å². The van der Waals surface area contributed by atoms with E-state index in [0.29, 0.717) is 0 Å². The Morgan fingerprint density at radius 2 is 2.11 bits per heavy atom. The van der Waals surface area contributed by atoms with Gasteiger partial charge >= 0.3 is 5.97 Å². The van der Waals surface area contributed by atoms with Crippen molar-refractivity contribution >= 4 is 17.6 Å². The molecule has 4 N–H and O–H groups in total. The van der Waals surface area contributed by atoms with Crippen LogP contribution in [0.2, 0.25) is 0 Å². The lowest BCUT2D eigenvalue weighted by atomic mass is 10.1. The van der Waals surface area contributed by atoms with Gasteiger partial charge in [0.05, 0.1) is 17.4 Å². The third-order valence-corrected chi connectivity index (χ3v) is 3.11. The summed E-state index contributed by atoms with van der Waals surface area (Å²) in [4.78, 5) is 24.2. The molecule has 0 aliphatic carbocycles. The molecule has 1 aliphatic rings. The molecule has 1 amide bonds. The van der Waals surface area contributed by atoms with Crippen LogP contribution in [0.3, 0.4) is 0 Å². The maximum absolute atomic E-state index is 13.3. The molecule has 0 spiro atoms. The van der Waals surface area contributed by atoms with Crippen molar-refractivity contribution in [2.45, 2.75) is 18.6 Å². The topological polar surface area (TPSA) is 104 Å². The van der Waals surface area contributed by atoms with E-state index in [4.69, 9.17) is 10.8 Å². The molecule has 6 nitrogen and oxygen atoms in total. The molecular formula is C12H13FN2O4. The van der Waals surface area contributed by atoms with Gasteiger partial charge in [0.1, 0.15) is 11.9 Å². The summed E-state index contributed by atoms with van der Waals surface area (Å²) in [6.45, 7) is -0.105. The molecule has 0 unspecified atom stereocenters. The molecule has 1 aromatic carbocycles. The number of halogens is 1. The molecule has 2 rings (SSSR count). The molecule has 19 heavy (non-hydrogen) atoms. The van der Waals surface area contributed by atoms with Gasteiger partial charge in [-0.2, -0.15) is 0 Å².